The van der Waals surface area contributed by atoms with Gasteiger partial charge in [0.1, 0.15) is 0 Å². The third-order valence-corrected chi connectivity index (χ3v) is 3.40. The molecule has 0 heterocycles. The van der Waals surface area contributed by atoms with Gasteiger partial charge in [-0.25, -0.2) is 0 Å². The zero-order chi connectivity index (χ0) is 16.1. The van der Waals surface area contributed by atoms with E-state index < -0.39 is 0 Å². The minimum Gasteiger partial charge on any atom is -0.350 e. The topological polar surface area (TPSA) is 58.2 Å². The molecule has 2 N–H and O–H groups in total. The predicted octanol–water partition coefficient (Wildman–Crippen LogP) is 3.84. The Morgan fingerprint density at radius 1 is 0.955 bits per heavy atom. The molecule has 0 atom stereocenters. The summed E-state index contributed by atoms with van der Waals surface area (Å²) in [5, 5.41) is 5.62. The van der Waals surface area contributed by atoms with Crippen LogP contribution >= 0.6 is 15.9 Å². The fourth-order valence-electron chi connectivity index (χ4n) is 1.89. The largest absolute Gasteiger partial charge is 0.350 e. The van der Waals surface area contributed by atoms with Gasteiger partial charge in [0.05, 0.1) is 0 Å². The SMILES string of the molecule is CC(C)NC(=O)c1ccc(C(=O)Nc2cccc(Br)c2)cc1. The van der Waals surface area contributed by atoms with Crippen LogP contribution in [0.25, 0.3) is 0 Å². The highest BCUT2D eigenvalue weighted by Gasteiger charge is 2.10. The van der Waals surface area contributed by atoms with E-state index in [-0.39, 0.29) is 17.9 Å². The van der Waals surface area contributed by atoms with Crippen LogP contribution in [0.3, 0.4) is 0 Å². The molecule has 0 saturated carbocycles. The minimum atomic E-state index is -0.214. The summed E-state index contributed by atoms with van der Waals surface area (Å²) in [6, 6.07) is 14.0. The van der Waals surface area contributed by atoms with Crippen LogP contribution in [0.5, 0.6) is 0 Å². The molecule has 0 unspecified atom stereocenters. The number of amides is 2. The molecule has 0 radical (unpaired) electrons. The van der Waals surface area contributed by atoms with Gasteiger partial charge in [-0.05, 0) is 56.3 Å². The van der Waals surface area contributed by atoms with Crippen LogP contribution in [0.4, 0.5) is 5.69 Å². The molecule has 114 valence electrons. The van der Waals surface area contributed by atoms with Crippen molar-refractivity contribution in [3.8, 4) is 0 Å². The number of rotatable bonds is 4. The van der Waals surface area contributed by atoms with E-state index in [0.29, 0.717) is 16.8 Å². The monoisotopic (exact) mass is 360 g/mol. The molecular weight excluding hydrogens is 344 g/mol. The van der Waals surface area contributed by atoms with Crippen LogP contribution in [0, 0.1) is 0 Å². The van der Waals surface area contributed by atoms with Crippen molar-refractivity contribution in [2.24, 2.45) is 0 Å². The van der Waals surface area contributed by atoms with E-state index in [2.05, 4.69) is 26.6 Å². The predicted molar refractivity (Wildman–Crippen MR) is 91.1 cm³/mol. The summed E-state index contributed by atoms with van der Waals surface area (Å²) in [6.07, 6.45) is 0. The highest BCUT2D eigenvalue weighted by atomic mass is 79.9. The van der Waals surface area contributed by atoms with Crippen molar-refractivity contribution in [2.45, 2.75) is 19.9 Å². The van der Waals surface area contributed by atoms with Gasteiger partial charge >= 0.3 is 0 Å². The maximum atomic E-state index is 12.2. The zero-order valence-electron chi connectivity index (χ0n) is 12.4. The van der Waals surface area contributed by atoms with Crippen LogP contribution in [0.1, 0.15) is 34.6 Å². The average Bonchev–Trinajstić information content (AvgIpc) is 2.46. The second-order valence-electron chi connectivity index (χ2n) is 5.17. The Morgan fingerprint density at radius 2 is 1.55 bits per heavy atom. The number of benzene rings is 2. The summed E-state index contributed by atoms with van der Waals surface area (Å²) < 4.78 is 0.894. The number of anilines is 1. The van der Waals surface area contributed by atoms with Gasteiger partial charge < -0.3 is 10.6 Å². The Labute approximate surface area is 138 Å². The summed E-state index contributed by atoms with van der Waals surface area (Å²) in [5.41, 5.74) is 1.75. The van der Waals surface area contributed by atoms with Crippen molar-refractivity contribution in [1.29, 1.82) is 0 Å². The van der Waals surface area contributed by atoms with E-state index in [1.165, 1.54) is 0 Å². The maximum absolute atomic E-state index is 12.2. The molecule has 4 nitrogen and oxygen atoms in total. The molecule has 2 amide bonds. The van der Waals surface area contributed by atoms with Crippen LogP contribution in [0.2, 0.25) is 0 Å². The van der Waals surface area contributed by atoms with Crippen molar-refractivity contribution in [3.05, 3.63) is 64.1 Å². The van der Waals surface area contributed by atoms with Crippen LogP contribution in [-0.4, -0.2) is 17.9 Å². The first-order valence-corrected chi connectivity index (χ1v) is 7.73. The molecule has 5 heteroatoms. The molecule has 0 saturated heterocycles. The van der Waals surface area contributed by atoms with E-state index in [9.17, 15) is 9.59 Å². The lowest BCUT2D eigenvalue weighted by atomic mass is 10.1. The van der Waals surface area contributed by atoms with E-state index in [1.807, 2.05) is 38.1 Å². The molecule has 0 bridgehead atoms. The number of halogens is 1. The van der Waals surface area contributed by atoms with Crippen molar-refractivity contribution >= 4 is 33.4 Å². The van der Waals surface area contributed by atoms with Crippen molar-refractivity contribution in [1.82, 2.24) is 5.32 Å². The first kappa shape index (κ1) is 16.2. The molecule has 0 aromatic heterocycles. The first-order chi connectivity index (χ1) is 10.5. The summed E-state index contributed by atoms with van der Waals surface area (Å²) in [5.74, 6) is -0.358. The molecule has 0 aliphatic carbocycles. The van der Waals surface area contributed by atoms with Gasteiger partial charge in [0, 0.05) is 27.3 Å². The standard InChI is InChI=1S/C17H17BrN2O2/c1-11(2)19-16(21)12-6-8-13(9-7-12)17(22)20-15-5-3-4-14(18)10-15/h3-11H,1-2H3,(H,19,21)(H,20,22). The van der Waals surface area contributed by atoms with Gasteiger partial charge in [0.25, 0.3) is 11.8 Å². The third-order valence-electron chi connectivity index (χ3n) is 2.91. The molecule has 2 rings (SSSR count). The van der Waals surface area contributed by atoms with E-state index in [4.69, 9.17) is 0 Å². The molecule has 22 heavy (non-hydrogen) atoms. The van der Waals surface area contributed by atoms with E-state index >= 15 is 0 Å². The Balaban J connectivity index is 2.06. The Bertz CT molecular complexity index is 681. The maximum Gasteiger partial charge on any atom is 0.255 e. The fraction of sp³-hybridized carbons (Fsp3) is 0.176. The van der Waals surface area contributed by atoms with Crippen molar-refractivity contribution < 1.29 is 9.59 Å². The molecule has 0 aliphatic rings. The molecule has 0 aliphatic heterocycles. The third kappa shape index (κ3) is 4.43. The van der Waals surface area contributed by atoms with Gasteiger partial charge in [-0.1, -0.05) is 22.0 Å². The quantitative estimate of drug-likeness (QED) is 0.869. The van der Waals surface area contributed by atoms with E-state index in [1.54, 1.807) is 24.3 Å². The molecule has 2 aromatic carbocycles. The molecular formula is C17H17BrN2O2. The van der Waals surface area contributed by atoms with E-state index in [0.717, 1.165) is 4.47 Å². The lowest BCUT2D eigenvalue weighted by Crippen LogP contribution is -2.30. The zero-order valence-corrected chi connectivity index (χ0v) is 14.0. The van der Waals surface area contributed by atoms with Gasteiger partial charge in [0.15, 0.2) is 0 Å². The smallest absolute Gasteiger partial charge is 0.255 e. The van der Waals surface area contributed by atoms with Crippen molar-refractivity contribution in [2.75, 3.05) is 5.32 Å². The fourth-order valence-corrected chi connectivity index (χ4v) is 2.29. The summed E-state index contributed by atoms with van der Waals surface area (Å²) in [6.45, 7) is 3.80. The van der Waals surface area contributed by atoms with Gasteiger partial charge in [0.2, 0.25) is 0 Å². The van der Waals surface area contributed by atoms with Gasteiger partial charge in [-0.3, -0.25) is 9.59 Å². The number of hydrogen-bond donors (Lipinski definition) is 2. The number of nitrogens with one attached hydrogen (secondary N) is 2. The summed E-state index contributed by atoms with van der Waals surface area (Å²) >= 11 is 3.36. The Kier molecular flexibility index (Phi) is 5.33. The second-order valence-corrected chi connectivity index (χ2v) is 6.09. The second kappa shape index (κ2) is 7.22. The van der Waals surface area contributed by atoms with Crippen LogP contribution in [-0.2, 0) is 0 Å². The lowest BCUT2D eigenvalue weighted by Gasteiger charge is -2.09. The Hall–Kier alpha value is -2.14. The normalized spacial score (nSPS) is 10.4. The first-order valence-electron chi connectivity index (χ1n) is 6.93. The number of carbonyl (C=O) groups is 2. The molecule has 2 aromatic rings. The lowest BCUT2D eigenvalue weighted by molar-refractivity contribution is 0.0941. The van der Waals surface area contributed by atoms with Crippen molar-refractivity contribution in [3.63, 3.8) is 0 Å². The minimum absolute atomic E-state index is 0.0759. The highest BCUT2D eigenvalue weighted by Crippen LogP contribution is 2.16. The summed E-state index contributed by atoms with van der Waals surface area (Å²) in [4.78, 5) is 24.0. The van der Waals surface area contributed by atoms with Crippen LogP contribution < -0.4 is 10.6 Å². The van der Waals surface area contributed by atoms with Gasteiger partial charge in [-0.2, -0.15) is 0 Å². The van der Waals surface area contributed by atoms with Gasteiger partial charge in [-0.15, -0.1) is 0 Å². The average molecular weight is 361 g/mol. The van der Waals surface area contributed by atoms with Crippen LogP contribution in [0.15, 0.2) is 53.0 Å². The molecule has 0 fully saturated rings. The Morgan fingerprint density at radius 3 is 2.09 bits per heavy atom. The number of carbonyl (C=O) groups excluding carboxylic acids is 2. The highest BCUT2D eigenvalue weighted by molar-refractivity contribution is 9.10. The number of hydrogen-bond acceptors (Lipinski definition) is 2. The summed E-state index contributed by atoms with van der Waals surface area (Å²) in [7, 11) is 0. The molecule has 0 spiro atoms.